The predicted octanol–water partition coefficient (Wildman–Crippen LogP) is 4.02. The van der Waals surface area contributed by atoms with Crippen LogP contribution in [0, 0.1) is 0 Å². The molecule has 0 spiro atoms. The molecule has 0 bridgehead atoms. The van der Waals surface area contributed by atoms with Crippen LogP contribution in [0.25, 0.3) is 11.0 Å². The van der Waals surface area contributed by atoms with E-state index in [0.29, 0.717) is 28.9 Å². The van der Waals surface area contributed by atoms with Crippen molar-refractivity contribution < 1.29 is 4.79 Å². The molecule has 0 unspecified atom stereocenters. The smallest absolute Gasteiger partial charge is 0.257 e. The summed E-state index contributed by atoms with van der Waals surface area (Å²) in [6, 6.07) is 15.0. The minimum Gasteiger partial charge on any atom is -0.340 e. The molecular formula is C20H17ClN6O. The Labute approximate surface area is 166 Å². The molecule has 2 aromatic carbocycles. The van der Waals surface area contributed by atoms with Crippen molar-refractivity contribution in [3.05, 3.63) is 77.3 Å². The number of hydrogen-bond donors (Lipinski definition) is 2. The van der Waals surface area contributed by atoms with Gasteiger partial charge in [-0.05, 0) is 30.3 Å². The SMILES string of the molecule is CN(Cc1nc2ccc(Cl)cc2[nH]1)C(=O)c1cnc(Nc2ccccc2)nc1. The number of amides is 1. The maximum atomic E-state index is 12.7. The molecule has 0 atom stereocenters. The quantitative estimate of drug-likeness (QED) is 0.535. The van der Waals surface area contributed by atoms with Gasteiger partial charge in [-0.3, -0.25) is 4.79 Å². The molecule has 0 saturated carbocycles. The second kappa shape index (κ2) is 7.66. The third-order valence-corrected chi connectivity index (χ3v) is 4.39. The monoisotopic (exact) mass is 392 g/mol. The van der Waals surface area contributed by atoms with Crippen LogP contribution < -0.4 is 5.32 Å². The summed E-state index contributed by atoms with van der Waals surface area (Å²) in [6.45, 7) is 0.329. The topological polar surface area (TPSA) is 86.8 Å². The van der Waals surface area contributed by atoms with E-state index in [9.17, 15) is 4.79 Å². The van der Waals surface area contributed by atoms with Crippen LogP contribution in [0.4, 0.5) is 11.6 Å². The summed E-state index contributed by atoms with van der Waals surface area (Å²) in [6.07, 6.45) is 3.02. The number of aromatic nitrogens is 4. The maximum Gasteiger partial charge on any atom is 0.257 e. The van der Waals surface area contributed by atoms with Gasteiger partial charge in [-0.1, -0.05) is 29.8 Å². The van der Waals surface area contributed by atoms with Crippen LogP contribution in [0.2, 0.25) is 5.02 Å². The number of carbonyl (C=O) groups is 1. The third kappa shape index (κ3) is 3.94. The number of benzene rings is 2. The van der Waals surface area contributed by atoms with E-state index in [1.165, 1.54) is 12.4 Å². The molecule has 0 aliphatic heterocycles. The molecule has 2 aromatic heterocycles. The van der Waals surface area contributed by atoms with Gasteiger partial charge in [0.1, 0.15) is 5.82 Å². The third-order valence-electron chi connectivity index (χ3n) is 4.16. The van der Waals surface area contributed by atoms with Gasteiger partial charge in [0.25, 0.3) is 5.91 Å². The molecular weight excluding hydrogens is 376 g/mol. The highest BCUT2D eigenvalue weighted by Crippen LogP contribution is 2.18. The number of fused-ring (bicyclic) bond motifs is 1. The Morgan fingerprint density at radius 2 is 1.89 bits per heavy atom. The van der Waals surface area contributed by atoms with Crippen LogP contribution in [0.3, 0.4) is 0 Å². The van der Waals surface area contributed by atoms with Gasteiger partial charge in [0.2, 0.25) is 5.95 Å². The summed E-state index contributed by atoms with van der Waals surface area (Å²) in [5.74, 6) is 0.917. The summed E-state index contributed by atoms with van der Waals surface area (Å²) >= 11 is 6.00. The van der Waals surface area contributed by atoms with E-state index in [1.807, 2.05) is 42.5 Å². The summed E-state index contributed by atoms with van der Waals surface area (Å²) in [7, 11) is 1.71. The van der Waals surface area contributed by atoms with E-state index in [4.69, 9.17) is 11.6 Å². The maximum absolute atomic E-state index is 12.7. The van der Waals surface area contributed by atoms with Gasteiger partial charge >= 0.3 is 0 Å². The summed E-state index contributed by atoms with van der Waals surface area (Å²) < 4.78 is 0. The fourth-order valence-corrected chi connectivity index (χ4v) is 2.95. The first-order valence-electron chi connectivity index (χ1n) is 8.62. The molecule has 4 rings (SSSR count). The summed E-state index contributed by atoms with van der Waals surface area (Å²) in [5.41, 5.74) is 2.92. The van der Waals surface area contributed by atoms with E-state index >= 15 is 0 Å². The Morgan fingerprint density at radius 1 is 1.14 bits per heavy atom. The molecule has 2 N–H and O–H groups in total. The largest absolute Gasteiger partial charge is 0.340 e. The summed E-state index contributed by atoms with van der Waals surface area (Å²) in [5, 5.41) is 3.72. The number of aromatic amines is 1. The predicted molar refractivity (Wildman–Crippen MR) is 109 cm³/mol. The zero-order chi connectivity index (χ0) is 19.5. The first kappa shape index (κ1) is 17.9. The van der Waals surface area contributed by atoms with Crippen LogP contribution in [0.1, 0.15) is 16.2 Å². The molecule has 4 aromatic rings. The highest BCUT2D eigenvalue weighted by atomic mass is 35.5. The lowest BCUT2D eigenvalue weighted by molar-refractivity contribution is 0.0781. The molecule has 0 aliphatic rings. The fourth-order valence-electron chi connectivity index (χ4n) is 2.78. The summed E-state index contributed by atoms with van der Waals surface area (Å²) in [4.78, 5) is 30.3. The minimum atomic E-state index is -0.190. The van der Waals surface area contributed by atoms with E-state index in [1.54, 1.807) is 18.0 Å². The zero-order valence-electron chi connectivity index (χ0n) is 15.1. The molecule has 0 radical (unpaired) electrons. The fraction of sp³-hybridized carbons (Fsp3) is 0.100. The Hall–Kier alpha value is -3.45. The Morgan fingerprint density at radius 3 is 2.64 bits per heavy atom. The number of rotatable bonds is 5. The molecule has 1 amide bonds. The number of H-pyrrole nitrogens is 1. The van der Waals surface area contributed by atoms with Gasteiger partial charge in [-0.25, -0.2) is 15.0 Å². The van der Waals surface area contributed by atoms with Crippen molar-refractivity contribution in [2.45, 2.75) is 6.54 Å². The highest BCUT2D eigenvalue weighted by Gasteiger charge is 2.15. The number of anilines is 2. The van der Waals surface area contributed by atoms with Gasteiger partial charge in [-0.15, -0.1) is 0 Å². The van der Waals surface area contributed by atoms with E-state index in [-0.39, 0.29) is 5.91 Å². The first-order chi connectivity index (χ1) is 13.6. The van der Waals surface area contributed by atoms with Crippen LogP contribution in [0.5, 0.6) is 0 Å². The van der Waals surface area contributed by atoms with Gasteiger partial charge in [0.05, 0.1) is 23.1 Å². The second-order valence-electron chi connectivity index (χ2n) is 6.29. The lowest BCUT2D eigenvalue weighted by Gasteiger charge is -2.15. The molecule has 7 nitrogen and oxygen atoms in total. The van der Waals surface area contributed by atoms with Gasteiger partial charge in [0, 0.05) is 30.2 Å². The molecule has 140 valence electrons. The van der Waals surface area contributed by atoms with Crippen molar-refractivity contribution in [1.82, 2.24) is 24.8 Å². The van der Waals surface area contributed by atoms with Crippen LogP contribution in [-0.4, -0.2) is 37.8 Å². The molecule has 0 aliphatic carbocycles. The molecule has 2 heterocycles. The lowest BCUT2D eigenvalue weighted by atomic mass is 10.3. The Kier molecular flexibility index (Phi) is 4.90. The minimum absolute atomic E-state index is 0.190. The average Bonchev–Trinajstić information content (AvgIpc) is 3.10. The van der Waals surface area contributed by atoms with Crippen LogP contribution in [-0.2, 0) is 6.54 Å². The van der Waals surface area contributed by atoms with E-state index in [0.717, 1.165) is 16.7 Å². The second-order valence-corrected chi connectivity index (χ2v) is 6.73. The van der Waals surface area contributed by atoms with E-state index < -0.39 is 0 Å². The van der Waals surface area contributed by atoms with Crippen LogP contribution >= 0.6 is 11.6 Å². The van der Waals surface area contributed by atoms with Crippen molar-refractivity contribution in [1.29, 1.82) is 0 Å². The Bertz CT molecular complexity index is 1110. The molecule has 28 heavy (non-hydrogen) atoms. The Balaban J connectivity index is 1.44. The number of nitrogens with one attached hydrogen (secondary N) is 2. The van der Waals surface area contributed by atoms with Crippen molar-refractivity contribution in [3.8, 4) is 0 Å². The van der Waals surface area contributed by atoms with E-state index in [2.05, 4.69) is 25.3 Å². The van der Waals surface area contributed by atoms with Crippen molar-refractivity contribution >= 4 is 40.2 Å². The first-order valence-corrected chi connectivity index (χ1v) is 9.00. The zero-order valence-corrected chi connectivity index (χ0v) is 15.8. The normalized spacial score (nSPS) is 10.8. The van der Waals surface area contributed by atoms with Crippen molar-refractivity contribution in [3.63, 3.8) is 0 Å². The van der Waals surface area contributed by atoms with Crippen molar-refractivity contribution in [2.24, 2.45) is 0 Å². The molecule has 8 heteroatoms. The molecule has 0 saturated heterocycles. The van der Waals surface area contributed by atoms with Crippen LogP contribution in [0.15, 0.2) is 60.9 Å². The van der Waals surface area contributed by atoms with Gasteiger partial charge in [-0.2, -0.15) is 0 Å². The average molecular weight is 393 g/mol. The number of carbonyl (C=O) groups excluding carboxylic acids is 1. The highest BCUT2D eigenvalue weighted by molar-refractivity contribution is 6.31. The number of halogens is 1. The van der Waals surface area contributed by atoms with Gasteiger partial charge in [0.15, 0.2) is 0 Å². The lowest BCUT2D eigenvalue weighted by Crippen LogP contribution is -2.27. The van der Waals surface area contributed by atoms with Crippen molar-refractivity contribution in [2.75, 3.05) is 12.4 Å². The van der Waals surface area contributed by atoms with Gasteiger partial charge < -0.3 is 15.2 Å². The molecule has 0 fully saturated rings. The number of imidazole rings is 1. The number of hydrogen-bond acceptors (Lipinski definition) is 5. The number of para-hydroxylation sites is 1. The number of nitrogens with zero attached hydrogens (tertiary/aromatic N) is 4. The standard InChI is InChI=1S/C20H17ClN6O/c1-27(12-18-25-16-8-7-14(21)9-17(16)26-18)19(28)13-10-22-20(23-11-13)24-15-5-3-2-4-6-15/h2-11H,12H2,1H3,(H,25,26)(H,22,23,24).